The van der Waals surface area contributed by atoms with E-state index in [1.165, 1.54) is 0 Å². The largest absolute Gasteiger partial charge is 0.456 e. The van der Waals surface area contributed by atoms with Crippen LogP contribution in [0.15, 0.2) is 76.1 Å². The van der Waals surface area contributed by atoms with Gasteiger partial charge in [0.05, 0.1) is 11.1 Å². The molecule has 2 aromatic rings. The smallest absolute Gasteiger partial charge is 0.264 e. The second kappa shape index (κ2) is 9.54. The average Bonchev–Trinajstić information content (AvgIpc) is 2.78. The number of nitrogens with zero attached hydrogens (tertiary/aromatic N) is 1. The summed E-state index contributed by atoms with van der Waals surface area (Å²) < 4.78 is 37.0. The quantitative estimate of drug-likeness (QED) is 0.219. The van der Waals surface area contributed by atoms with Crippen molar-refractivity contribution in [3.05, 3.63) is 72.1 Å². The Morgan fingerprint density at radius 1 is 1.03 bits per heavy atom. The summed E-state index contributed by atoms with van der Waals surface area (Å²) in [5.41, 5.74) is 4.97. The van der Waals surface area contributed by atoms with Crippen molar-refractivity contribution in [3.63, 3.8) is 0 Å². The molecule has 2 aromatic carbocycles. The zero-order chi connectivity index (χ0) is 22.6. The average molecular weight is 451 g/mol. The van der Waals surface area contributed by atoms with E-state index in [1.54, 1.807) is 0 Å². The Hall–Kier alpha value is -3.16. The zero-order valence-corrected chi connectivity index (χ0v) is 18.7. The lowest BCUT2D eigenvalue weighted by atomic mass is 9.93. The van der Waals surface area contributed by atoms with Gasteiger partial charge in [0.2, 0.25) is 0 Å². The summed E-state index contributed by atoms with van der Waals surface area (Å²) in [7, 11) is -3.97. The van der Waals surface area contributed by atoms with Crippen LogP contribution in [0.25, 0.3) is 33.4 Å². The number of fused-ring (bicyclic) bond motifs is 2. The number of hydrogen-bond donors (Lipinski definition) is 2. The molecule has 0 bridgehead atoms. The van der Waals surface area contributed by atoms with Crippen LogP contribution in [0.2, 0.25) is 0 Å². The summed E-state index contributed by atoms with van der Waals surface area (Å²) in [5.74, 6) is 0.408. The third kappa shape index (κ3) is 5.18. The van der Waals surface area contributed by atoms with Crippen LogP contribution < -0.4 is 10.7 Å². The minimum absolute atomic E-state index is 0.257. The SMILES string of the molecule is CCCNc1ccc2c(-c3ccccc3)c3ccc(=NCCCS(=O)(=O)O)cc-3oc2c1. The summed E-state index contributed by atoms with van der Waals surface area (Å²) >= 11 is 0. The molecule has 6 nitrogen and oxygen atoms in total. The van der Waals surface area contributed by atoms with Gasteiger partial charge < -0.3 is 9.73 Å². The second-order valence-electron chi connectivity index (χ2n) is 7.68. The zero-order valence-electron chi connectivity index (χ0n) is 17.9. The maximum absolute atomic E-state index is 10.9. The van der Waals surface area contributed by atoms with Gasteiger partial charge in [-0.25, -0.2) is 0 Å². The lowest BCUT2D eigenvalue weighted by molar-refractivity contribution is 0.481. The molecule has 7 heteroatoms. The van der Waals surface area contributed by atoms with E-state index in [4.69, 9.17) is 8.97 Å². The van der Waals surface area contributed by atoms with E-state index >= 15 is 0 Å². The topological polar surface area (TPSA) is 91.9 Å². The Kier molecular flexibility index (Phi) is 6.58. The Labute approximate surface area is 187 Å². The second-order valence-corrected chi connectivity index (χ2v) is 9.25. The lowest BCUT2D eigenvalue weighted by Gasteiger charge is -2.16. The summed E-state index contributed by atoms with van der Waals surface area (Å²) in [6, 6.07) is 22.2. The van der Waals surface area contributed by atoms with E-state index in [0.717, 1.165) is 46.3 Å². The Bertz CT molecular complexity index is 1360. The van der Waals surface area contributed by atoms with Crippen molar-refractivity contribution in [2.24, 2.45) is 4.99 Å². The van der Waals surface area contributed by atoms with Crippen LogP contribution in [0.5, 0.6) is 0 Å². The van der Waals surface area contributed by atoms with E-state index in [9.17, 15) is 8.42 Å². The van der Waals surface area contributed by atoms with E-state index in [2.05, 4.69) is 41.5 Å². The molecule has 0 unspecified atom stereocenters. The molecule has 2 N–H and O–H groups in total. The van der Waals surface area contributed by atoms with Gasteiger partial charge in [0.15, 0.2) is 0 Å². The van der Waals surface area contributed by atoms with Gasteiger partial charge in [0.25, 0.3) is 10.1 Å². The lowest BCUT2D eigenvalue weighted by Crippen LogP contribution is -2.08. The fourth-order valence-electron chi connectivity index (χ4n) is 3.73. The van der Waals surface area contributed by atoms with Crippen LogP contribution in [0.4, 0.5) is 5.69 Å². The third-order valence-corrected chi connectivity index (χ3v) is 6.01. The van der Waals surface area contributed by atoms with E-state index in [-0.39, 0.29) is 12.2 Å². The number of rotatable bonds is 8. The van der Waals surface area contributed by atoms with Crippen LogP contribution in [0.1, 0.15) is 19.8 Å². The highest BCUT2D eigenvalue weighted by atomic mass is 32.2. The number of benzene rings is 3. The van der Waals surface area contributed by atoms with Crippen LogP contribution in [0, 0.1) is 0 Å². The highest BCUT2D eigenvalue weighted by Crippen LogP contribution is 2.40. The highest BCUT2D eigenvalue weighted by molar-refractivity contribution is 7.85. The van der Waals surface area contributed by atoms with Crippen LogP contribution in [-0.2, 0) is 10.1 Å². The standard InChI is InChI=1S/C25H26N2O4S/c1-2-13-26-19-9-11-21-23(16-19)31-24-17-20(27-14-6-15-32(28,29)30)10-12-22(24)25(21)18-7-4-3-5-8-18/h3-5,7-12,16-17,26H,2,6,13-15H2,1H3,(H,28,29,30). The maximum Gasteiger partial charge on any atom is 0.264 e. The third-order valence-electron chi connectivity index (χ3n) is 5.20. The summed E-state index contributed by atoms with van der Waals surface area (Å²) in [4.78, 5) is 4.45. The predicted octanol–water partition coefficient (Wildman–Crippen LogP) is 5.21. The summed E-state index contributed by atoms with van der Waals surface area (Å²) in [6.07, 6.45) is 1.29. The van der Waals surface area contributed by atoms with E-state index < -0.39 is 10.1 Å². The molecular formula is C25H26N2O4S. The Morgan fingerprint density at radius 2 is 1.84 bits per heavy atom. The molecule has 1 aliphatic carbocycles. The van der Waals surface area contributed by atoms with Crippen LogP contribution >= 0.6 is 0 Å². The fraction of sp³-hybridized carbons (Fsp3) is 0.240. The van der Waals surface area contributed by atoms with Crippen molar-refractivity contribution < 1.29 is 17.4 Å². The molecular weight excluding hydrogens is 424 g/mol. The van der Waals surface area contributed by atoms with Crippen molar-refractivity contribution in [1.29, 1.82) is 0 Å². The van der Waals surface area contributed by atoms with Gasteiger partial charge in [-0.15, -0.1) is 0 Å². The number of nitrogens with one attached hydrogen (secondary N) is 1. The normalized spacial score (nSPS) is 12.5. The first-order valence-electron chi connectivity index (χ1n) is 10.7. The number of hydrogen-bond acceptors (Lipinski definition) is 5. The van der Waals surface area contributed by atoms with E-state index in [1.807, 2.05) is 42.5 Å². The first kappa shape index (κ1) is 22.0. The van der Waals surface area contributed by atoms with Crippen LogP contribution in [0.3, 0.4) is 0 Å². The van der Waals surface area contributed by atoms with Crippen molar-refractivity contribution >= 4 is 26.8 Å². The molecule has 0 amide bonds. The van der Waals surface area contributed by atoms with Gasteiger partial charge in [-0.3, -0.25) is 9.55 Å². The van der Waals surface area contributed by atoms with Gasteiger partial charge in [-0.2, -0.15) is 8.42 Å². The Balaban J connectivity index is 1.82. The predicted molar refractivity (Wildman–Crippen MR) is 129 cm³/mol. The molecule has 0 spiro atoms. The van der Waals surface area contributed by atoms with Crippen molar-refractivity contribution in [2.75, 3.05) is 24.2 Å². The minimum Gasteiger partial charge on any atom is -0.456 e. The molecule has 0 saturated carbocycles. The van der Waals surface area contributed by atoms with Crippen molar-refractivity contribution in [3.8, 4) is 22.5 Å². The fourth-order valence-corrected chi connectivity index (χ4v) is 4.22. The van der Waals surface area contributed by atoms with Crippen molar-refractivity contribution in [2.45, 2.75) is 19.8 Å². The molecule has 0 fully saturated rings. The number of anilines is 1. The van der Waals surface area contributed by atoms with Crippen molar-refractivity contribution in [1.82, 2.24) is 0 Å². The van der Waals surface area contributed by atoms with Gasteiger partial charge >= 0.3 is 0 Å². The summed E-state index contributed by atoms with van der Waals surface area (Å²) in [6.45, 7) is 3.31. The van der Waals surface area contributed by atoms with Gasteiger partial charge in [0.1, 0.15) is 11.3 Å². The summed E-state index contributed by atoms with van der Waals surface area (Å²) in [5, 5.41) is 5.14. The molecule has 2 aliphatic rings. The first-order chi connectivity index (χ1) is 15.4. The molecule has 0 radical (unpaired) electrons. The van der Waals surface area contributed by atoms with Gasteiger partial charge in [-0.05, 0) is 42.7 Å². The van der Waals surface area contributed by atoms with E-state index in [0.29, 0.717) is 17.7 Å². The molecule has 166 valence electrons. The molecule has 0 atom stereocenters. The first-order valence-corrected chi connectivity index (χ1v) is 12.3. The molecule has 32 heavy (non-hydrogen) atoms. The minimum atomic E-state index is -3.97. The van der Waals surface area contributed by atoms with Crippen LogP contribution in [-0.4, -0.2) is 31.8 Å². The molecule has 0 aromatic heterocycles. The molecule has 1 aliphatic heterocycles. The highest BCUT2D eigenvalue weighted by Gasteiger charge is 2.17. The Morgan fingerprint density at radius 3 is 2.59 bits per heavy atom. The molecule has 0 saturated heterocycles. The van der Waals surface area contributed by atoms with Gasteiger partial charge in [0, 0.05) is 47.4 Å². The van der Waals surface area contributed by atoms with Gasteiger partial charge in [-0.1, -0.05) is 37.3 Å². The molecule has 4 rings (SSSR count). The monoisotopic (exact) mass is 450 g/mol. The maximum atomic E-state index is 10.9. The molecule has 1 heterocycles.